The van der Waals surface area contributed by atoms with Crippen LogP contribution in [0.5, 0.6) is 0 Å². The molecule has 0 aromatic heterocycles. The number of fused-ring (bicyclic) bond motifs is 1. The van der Waals surface area contributed by atoms with Crippen molar-refractivity contribution in [3.8, 4) is 0 Å². The number of rotatable bonds is 2. The number of carbonyl (C=O) groups excluding carboxylic acids is 1. The Kier molecular flexibility index (Phi) is 2.45. The molecule has 0 saturated heterocycles. The number of carbonyl (C=O) groups is 1. The van der Waals surface area contributed by atoms with Crippen LogP contribution >= 0.6 is 0 Å². The fraction of sp³-hybridized carbons (Fsp3) is 0.385. The average molecular weight is 231 g/mol. The van der Waals surface area contributed by atoms with Gasteiger partial charge >= 0.3 is 0 Å². The van der Waals surface area contributed by atoms with E-state index in [-0.39, 0.29) is 11.7 Å². The highest BCUT2D eigenvalue weighted by atomic mass is 16.2. The van der Waals surface area contributed by atoms with Gasteiger partial charge in [-0.1, -0.05) is 0 Å². The van der Waals surface area contributed by atoms with Crippen molar-refractivity contribution in [3.05, 3.63) is 29.3 Å². The van der Waals surface area contributed by atoms with Crippen LogP contribution in [0.4, 0.5) is 5.69 Å². The Labute approximate surface area is 101 Å². The SMILES string of the molecule is CCN1C(=O)C(C)(C)c2cc(C(=N)N)ccc21. The van der Waals surface area contributed by atoms with Gasteiger partial charge in [0.05, 0.1) is 5.41 Å². The second-order valence-electron chi connectivity index (χ2n) is 4.82. The number of likely N-dealkylation sites (N-methyl/N-ethyl adjacent to an activating group) is 1. The number of nitrogens with two attached hydrogens (primary N) is 1. The number of amidine groups is 1. The minimum atomic E-state index is -0.531. The molecule has 0 fully saturated rings. The molecule has 1 aliphatic rings. The topological polar surface area (TPSA) is 70.2 Å². The van der Waals surface area contributed by atoms with Crippen LogP contribution in [0.3, 0.4) is 0 Å². The van der Waals surface area contributed by atoms with Crippen molar-refractivity contribution < 1.29 is 4.79 Å². The summed E-state index contributed by atoms with van der Waals surface area (Å²) in [5.74, 6) is 0.140. The summed E-state index contributed by atoms with van der Waals surface area (Å²) in [5, 5.41) is 7.45. The first-order chi connectivity index (χ1) is 7.89. The van der Waals surface area contributed by atoms with Gasteiger partial charge in [0, 0.05) is 17.8 Å². The molecule has 4 heteroatoms. The van der Waals surface area contributed by atoms with E-state index < -0.39 is 5.41 Å². The van der Waals surface area contributed by atoms with Crippen LogP contribution in [0.2, 0.25) is 0 Å². The van der Waals surface area contributed by atoms with Crippen LogP contribution in [0, 0.1) is 5.41 Å². The monoisotopic (exact) mass is 231 g/mol. The van der Waals surface area contributed by atoms with Crippen molar-refractivity contribution in [1.29, 1.82) is 5.41 Å². The standard InChI is InChI=1S/C13H17N3O/c1-4-16-10-6-5-8(11(14)15)7-9(10)13(2,3)12(16)17/h5-7H,4H2,1-3H3,(H3,14,15). The van der Waals surface area contributed by atoms with Crippen LogP contribution in [0.25, 0.3) is 0 Å². The Balaban J connectivity index is 2.63. The van der Waals surface area contributed by atoms with Crippen molar-refractivity contribution in [1.82, 2.24) is 0 Å². The van der Waals surface area contributed by atoms with Crippen LogP contribution in [-0.2, 0) is 10.2 Å². The Morgan fingerprint density at radius 3 is 2.65 bits per heavy atom. The summed E-state index contributed by atoms with van der Waals surface area (Å²) in [7, 11) is 0. The highest BCUT2D eigenvalue weighted by Crippen LogP contribution is 2.41. The van der Waals surface area contributed by atoms with Gasteiger partial charge in [0.1, 0.15) is 5.84 Å². The molecular weight excluding hydrogens is 214 g/mol. The van der Waals surface area contributed by atoms with Gasteiger partial charge in [0.2, 0.25) is 5.91 Å². The molecular formula is C13H17N3O. The maximum absolute atomic E-state index is 12.2. The molecule has 17 heavy (non-hydrogen) atoms. The van der Waals surface area contributed by atoms with Crippen molar-refractivity contribution in [2.24, 2.45) is 5.73 Å². The molecule has 2 rings (SSSR count). The molecule has 0 spiro atoms. The van der Waals surface area contributed by atoms with Gasteiger partial charge in [0.25, 0.3) is 0 Å². The minimum absolute atomic E-state index is 0.0333. The number of anilines is 1. The van der Waals surface area contributed by atoms with Gasteiger partial charge in [0.15, 0.2) is 0 Å². The third-order valence-corrected chi connectivity index (χ3v) is 3.37. The first kappa shape index (κ1) is 11.6. The number of nitrogen functional groups attached to an aromatic ring is 1. The second kappa shape index (κ2) is 3.58. The van der Waals surface area contributed by atoms with E-state index in [1.807, 2.05) is 32.9 Å². The third kappa shape index (κ3) is 1.52. The van der Waals surface area contributed by atoms with E-state index in [4.69, 9.17) is 11.1 Å². The molecule has 1 amide bonds. The number of benzene rings is 1. The van der Waals surface area contributed by atoms with Gasteiger partial charge in [-0.15, -0.1) is 0 Å². The molecule has 1 heterocycles. The van der Waals surface area contributed by atoms with Crippen molar-refractivity contribution in [2.45, 2.75) is 26.2 Å². The summed E-state index contributed by atoms with van der Waals surface area (Å²) in [6, 6.07) is 5.52. The van der Waals surface area contributed by atoms with E-state index in [1.54, 1.807) is 11.0 Å². The average Bonchev–Trinajstić information content (AvgIpc) is 2.47. The lowest BCUT2D eigenvalue weighted by Crippen LogP contribution is -2.35. The van der Waals surface area contributed by atoms with E-state index in [1.165, 1.54) is 0 Å². The van der Waals surface area contributed by atoms with Crippen molar-refractivity contribution in [3.63, 3.8) is 0 Å². The highest BCUT2D eigenvalue weighted by molar-refractivity contribution is 6.08. The van der Waals surface area contributed by atoms with E-state index in [0.29, 0.717) is 12.1 Å². The minimum Gasteiger partial charge on any atom is -0.384 e. The predicted molar refractivity (Wildman–Crippen MR) is 68.5 cm³/mol. The molecule has 0 saturated carbocycles. The lowest BCUT2D eigenvalue weighted by atomic mass is 9.85. The summed E-state index contributed by atoms with van der Waals surface area (Å²) in [6.07, 6.45) is 0. The smallest absolute Gasteiger partial charge is 0.237 e. The first-order valence-corrected chi connectivity index (χ1v) is 5.70. The molecule has 1 aliphatic heterocycles. The molecule has 0 unspecified atom stereocenters. The van der Waals surface area contributed by atoms with E-state index in [9.17, 15) is 4.79 Å². The van der Waals surface area contributed by atoms with Gasteiger partial charge in [-0.3, -0.25) is 10.2 Å². The summed E-state index contributed by atoms with van der Waals surface area (Å²) in [6.45, 7) is 6.44. The molecule has 0 radical (unpaired) electrons. The highest BCUT2D eigenvalue weighted by Gasteiger charge is 2.43. The molecule has 3 N–H and O–H groups in total. The van der Waals surface area contributed by atoms with E-state index >= 15 is 0 Å². The Hall–Kier alpha value is -1.84. The molecule has 1 aromatic carbocycles. The molecule has 0 atom stereocenters. The molecule has 1 aromatic rings. The van der Waals surface area contributed by atoms with E-state index in [2.05, 4.69) is 0 Å². The van der Waals surface area contributed by atoms with E-state index in [0.717, 1.165) is 11.3 Å². The second-order valence-corrected chi connectivity index (χ2v) is 4.82. The van der Waals surface area contributed by atoms with Gasteiger partial charge in [-0.2, -0.15) is 0 Å². The lowest BCUT2D eigenvalue weighted by molar-refractivity contribution is -0.122. The molecule has 0 aliphatic carbocycles. The van der Waals surface area contributed by atoms with Gasteiger partial charge in [-0.05, 0) is 44.5 Å². The molecule has 4 nitrogen and oxygen atoms in total. The maximum Gasteiger partial charge on any atom is 0.237 e. The fourth-order valence-corrected chi connectivity index (χ4v) is 2.32. The summed E-state index contributed by atoms with van der Waals surface area (Å²) >= 11 is 0. The Morgan fingerprint density at radius 2 is 2.12 bits per heavy atom. The third-order valence-electron chi connectivity index (χ3n) is 3.37. The first-order valence-electron chi connectivity index (χ1n) is 5.70. The van der Waals surface area contributed by atoms with Crippen molar-refractivity contribution in [2.75, 3.05) is 11.4 Å². The Morgan fingerprint density at radius 1 is 1.47 bits per heavy atom. The largest absolute Gasteiger partial charge is 0.384 e. The quantitative estimate of drug-likeness (QED) is 0.599. The zero-order chi connectivity index (χ0) is 12.8. The van der Waals surface area contributed by atoms with Gasteiger partial charge in [-0.25, -0.2) is 0 Å². The lowest BCUT2D eigenvalue weighted by Gasteiger charge is -2.18. The predicted octanol–water partition coefficient (Wildman–Crippen LogP) is 1.61. The summed E-state index contributed by atoms with van der Waals surface area (Å²) in [5.41, 5.74) is 7.51. The van der Waals surface area contributed by atoms with Crippen LogP contribution in [-0.4, -0.2) is 18.3 Å². The summed E-state index contributed by atoms with van der Waals surface area (Å²) < 4.78 is 0. The number of hydrogen-bond acceptors (Lipinski definition) is 2. The number of nitrogens with one attached hydrogen (secondary N) is 1. The zero-order valence-electron chi connectivity index (χ0n) is 10.4. The number of hydrogen-bond donors (Lipinski definition) is 2. The molecule has 90 valence electrons. The Bertz CT molecular complexity index is 505. The molecule has 0 bridgehead atoms. The normalized spacial score (nSPS) is 17.1. The number of nitrogens with zero attached hydrogens (tertiary/aromatic N) is 1. The van der Waals surface area contributed by atoms with Crippen LogP contribution < -0.4 is 10.6 Å². The zero-order valence-corrected chi connectivity index (χ0v) is 10.4. The van der Waals surface area contributed by atoms with Gasteiger partial charge < -0.3 is 10.6 Å². The van der Waals surface area contributed by atoms with Crippen LogP contribution in [0.15, 0.2) is 18.2 Å². The fourth-order valence-electron chi connectivity index (χ4n) is 2.32. The van der Waals surface area contributed by atoms with Crippen LogP contribution in [0.1, 0.15) is 31.9 Å². The van der Waals surface area contributed by atoms with Crippen molar-refractivity contribution >= 4 is 17.4 Å². The maximum atomic E-state index is 12.2. The summed E-state index contributed by atoms with van der Waals surface area (Å²) in [4.78, 5) is 14.0. The number of amides is 1.